The highest BCUT2D eigenvalue weighted by molar-refractivity contribution is 5.80. The van der Waals surface area contributed by atoms with Gasteiger partial charge < -0.3 is 15.8 Å². The molecule has 0 bridgehead atoms. The maximum atomic E-state index is 11.9. The van der Waals surface area contributed by atoms with Crippen LogP contribution in [0.5, 0.6) is 5.75 Å². The first-order valence-corrected chi connectivity index (χ1v) is 7.34. The summed E-state index contributed by atoms with van der Waals surface area (Å²) in [6.07, 6.45) is 2.78. The Bertz CT molecular complexity index is 419. The number of carbonyl (C=O) groups is 1. The van der Waals surface area contributed by atoms with Gasteiger partial charge in [0.25, 0.3) is 5.91 Å². The van der Waals surface area contributed by atoms with Gasteiger partial charge in [-0.15, -0.1) is 0 Å². The van der Waals surface area contributed by atoms with E-state index < -0.39 is 6.10 Å². The molecule has 2 atom stereocenters. The predicted octanol–water partition coefficient (Wildman–Crippen LogP) is 2.78. The number of amides is 1. The Kier molecular flexibility index (Phi) is 7.09. The van der Waals surface area contributed by atoms with Gasteiger partial charge in [0.15, 0.2) is 6.10 Å². The zero-order valence-electron chi connectivity index (χ0n) is 12.7. The first-order valence-electron chi connectivity index (χ1n) is 7.34. The number of carbonyl (C=O) groups excluding carboxylic acids is 1. The minimum Gasteiger partial charge on any atom is -0.481 e. The van der Waals surface area contributed by atoms with Crippen molar-refractivity contribution in [2.45, 2.75) is 52.2 Å². The molecule has 0 fully saturated rings. The van der Waals surface area contributed by atoms with Crippen LogP contribution in [0.2, 0.25) is 0 Å². The van der Waals surface area contributed by atoms with E-state index in [2.05, 4.69) is 12.2 Å². The molecule has 112 valence electrons. The molecule has 4 heteroatoms. The number of hydrogen-bond acceptors (Lipinski definition) is 3. The van der Waals surface area contributed by atoms with Crippen LogP contribution in [0.3, 0.4) is 0 Å². The Balaban J connectivity index is 2.46. The quantitative estimate of drug-likeness (QED) is 0.719. The second kappa shape index (κ2) is 8.59. The number of nitrogens with one attached hydrogen (secondary N) is 1. The van der Waals surface area contributed by atoms with Crippen molar-refractivity contribution in [2.24, 2.45) is 5.73 Å². The number of ether oxygens (including phenoxy) is 1. The van der Waals surface area contributed by atoms with Gasteiger partial charge in [-0.1, -0.05) is 31.9 Å². The molecule has 0 aliphatic heterocycles. The number of unbranched alkanes of at least 4 members (excludes halogenated alkanes) is 2. The van der Waals surface area contributed by atoms with Crippen molar-refractivity contribution in [2.75, 3.05) is 6.54 Å². The lowest BCUT2D eigenvalue weighted by atomic mass is 10.1. The summed E-state index contributed by atoms with van der Waals surface area (Å²) >= 11 is 0. The van der Waals surface area contributed by atoms with E-state index in [1.807, 2.05) is 31.2 Å². The first-order chi connectivity index (χ1) is 9.54. The van der Waals surface area contributed by atoms with E-state index in [4.69, 9.17) is 10.5 Å². The van der Waals surface area contributed by atoms with Gasteiger partial charge in [0.1, 0.15) is 5.75 Å². The van der Waals surface area contributed by atoms with E-state index in [9.17, 15) is 4.79 Å². The molecule has 1 aromatic carbocycles. The molecule has 1 aromatic rings. The van der Waals surface area contributed by atoms with Crippen molar-refractivity contribution in [3.05, 3.63) is 29.8 Å². The Labute approximate surface area is 121 Å². The average Bonchev–Trinajstić information content (AvgIpc) is 2.43. The molecular weight excluding hydrogens is 252 g/mol. The van der Waals surface area contributed by atoms with E-state index in [0.29, 0.717) is 12.3 Å². The third kappa shape index (κ3) is 5.61. The average molecular weight is 278 g/mol. The van der Waals surface area contributed by atoms with Crippen LogP contribution in [-0.4, -0.2) is 18.6 Å². The number of nitrogens with two attached hydrogens (primary N) is 1. The van der Waals surface area contributed by atoms with E-state index in [1.165, 1.54) is 0 Å². The third-order valence-electron chi connectivity index (χ3n) is 3.15. The topological polar surface area (TPSA) is 64.3 Å². The fraction of sp³-hybridized carbons (Fsp3) is 0.562. The first kappa shape index (κ1) is 16.5. The molecule has 0 radical (unpaired) electrons. The van der Waals surface area contributed by atoms with Crippen LogP contribution in [0.25, 0.3) is 0 Å². The molecule has 1 amide bonds. The second-order valence-corrected chi connectivity index (χ2v) is 5.12. The van der Waals surface area contributed by atoms with Gasteiger partial charge in [0.2, 0.25) is 0 Å². The van der Waals surface area contributed by atoms with Gasteiger partial charge in [0.05, 0.1) is 0 Å². The summed E-state index contributed by atoms with van der Waals surface area (Å²) in [5.74, 6) is 0.600. The molecule has 0 aliphatic rings. The highest BCUT2D eigenvalue weighted by Crippen LogP contribution is 2.18. The SMILES string of the molecule is CCCCCNC(=O)C(C)Oc1cccc([C@H](C)N)c1. The highest BCUT2D eigenvalue weighted by Gasteiger charge is 2.14. The predicted molar refractivity (Wildman–Crippen MR) is 81.7 cm³/mol. The van der Waals surface area contributed by atoms with Crippen molar-refractivity contribution in [3.63, 3.8) is 0 Å². The molecule has 0 spiro atoms. The van der Waals surface area contributed by atoms with Gasteiger partial charge in [-0.05, 0) is 38.0 Å². The Hall–Kier alpha value is -1.55. The lowest BCUT2D eigenvalue weighted by molar-refractivity contribution is -0.127. The molecule has 0 aliphatic carbocycles. The van der Waals surface area contributed by atoms with Gasteiger partial charge in [-0.3, -0.25) is 4.79 Å². The number of rotatable bonds is 8. The standard InChI is InChI=1S/C16H26N2O2/c1-4-5-6-10-18-16(19)13(3)20-15-9-7-8-14(11-15)12(2)17/h7-9,11-13H,4-6,10,17H2,1-3H3,(H,18,19)/t12-,13?/m0/s1. The van der Waals surface area contributed by atoms with Gasteiger partial charge in [-0.25, -0.2) is 0 Å². The fourth-order valence-electron chi connectivity index (χ4n) is 1.86. The summed E-state index contributed by atoms with van der Waals surface area (Å²) in [4.78, 5) is 11.9. The molecule has 1 unspecified atom stereocenters. The van der Waals surface area contributed by atoms with Crippen molar-refractivity contribution in [1.82, 2.24) is 5.32 Å². The smallest absolute Gasteiger partial charge is 0.260 e. The van der Waals surface area contributed by atoms with E-state index in [-0.39, 0.29) is 11.9 Å². The van der Waals surface area contributed by atoms with Crippen molar-refractivity contribution in [3.8, 4) is 5.75 Å². The van der Waals surface area contributed by atoms with Crippen molar-refractivity contribution < 1.29 is 9.53 Å². The Morgan fingerprint density at radius 1 is 1.35 bits per heavy atom. The largest absolute Gasteiger partial charge is 0.481 e. The molecule has 0 saturated heterocycles. The van der Waals surface area contributed by atoms with Crippen LogP contribution in [0.1, 0.15) is 51.6 Å². The lowest BCUT2D eigenvalue weighted by Gasteiger charge is -2.16. The van der Waals surface area contributed by atoms with Gasteiger partial charge in [-0.2, -0.15) is 0 Å². The van der Waals surface area contributed by atoms with E-state index in [0.717, 1.165) is 24.8 Å². The maximum absolute atomic E-state index is 11.9. The van der Waals surface area contributed by atoms with Crippen LogP contribution in [0.4, 0.5) is 0 Å². The Morgan fingerprint density at radius 2 is 2.10 bits per heavy atom. The lowest BCUT2D eigenvalue weighted by Crippen LogP contribution is -2.36. The molecule has 0 saturated carbocycles. The van der Waals surface area contributed by atoms with E-state index >= 15 is 0 Å². The van der Waals surface area contributed by atoms with Crippen LogP contribution < -0.4 is 15.8 Å². The van der Waals surface area contributed by atoms with Crippen molar-refractivity contribution >= 4 is 5.91 Å². The van der Waals surface area contributed by atoms with Gasteiger partial charge >= 0.3 is 0 Å². The fourth-order valence-corrected chi connectivity index (χ4v) is 1.86. The molecule has 0 aromatic heterocycles. The molecular formula is C16H26N2O2. The highest BCUT2D eigenvalue weighted by atomic mass is 16.5. The minimum absolute atomic E-state index is 0.0447. The zero-order valence-corrected chi connectivity index (χ0v) is 12.7. The monoisotopic (exact) mass is 278 g/mol. The minimum atomic E-state index is -0.500. The van der Waals surface area contributed by atoms with Crippen LogP contribution in [-0.2, 0) is 4.79 Å². The summed E-state index contributed by atoms with van der Waals surface area (Å²) in [6, 6.07) is 7.52. The van der Waals surface area contributed by atoms with Gasteiger partial charge in [0, 0.05) is 12.6 Å². The molecule has 3 N–H and O–H groups in total. The molecule has 0 heterocycles. The van der Waals surface area contributed by atoms with Crippen LogP contribution in [0.15, 0.2) is 24.3 Å². The summed E-state index contributed by atoms with van der Waals surface area (Å²) in [5.41, 5.74) is 6.83. The molecule has 4 nitrogen and oxygen atoms in total. The normalized spacial score (nSPS) is 13.6. The Morgan fingerprint density at radius 3 is 2.75 bits per heavy atom. The zero-order chi connectivity index (χ0) is 15.0. The summed E-state index contributed by atoms with van der Waals surface area (Å²) in [5, 5.41) is 2.89. The molecule has 1 rings (SSSR count). The summed E-state index contributed by atoms with van der Waals surface area (Å²) in [7, 11) is 0. The third-order valence-corrected chi connectivity index (χ3v) is 3.15. The van der Waals surface area contributed by atoms with Crippen LogP contribution in [0, 0.1) is 0 Å². The number of benzene rings is 1. The van der Waals surface area contributed by atoms with Crippen molar-refractivity contribution in [1.29, 1.82) is 0 Å². The second-order valence-electron chi connectivity index (χ2n) is 5.12. The summed E-state index contributed by atoms with van der Waals surface area (Å²) < 4.78 is 5.66. The summed E-state index contributed by atoms with van der Waals surface area (Å²) in [6.45, 7) is 6.52. The molecule has 20 heavy (non-hydrogen) atoms. The van der Waals surface area contributed by atoms with Crippen LogP contribution >= 0.6 is 0 Å². The van der Waals surface area contributed by atoms with E-state index in [1.54, 1.807) is 6.92 Å². The number of hydrogen-bond donors (Lipinski definition) is 2. The maximum Gasteiger partial charge on any atom is 0.260 e.